The van der Waals surface area contributed by atoms with E-state index in [1.807, 2.05) is 0 Å². The summed E-state index contributed by atoms with van der Waals surface area (Å²) in [5.41, 5.74) is 0. The number of aryl methyl sites for hydroxylation is 1. The summed E-state index contributed by atoms with van der Waals surface area (Å²) < 4.78 is 2.09. The third-order valence-electron chi connectivity index (χ3n) is 3.34. The van der Waals surface area contributed by atoms with E-state index in [4.69, 9.17) is 0 Å². The van der Waals surface area contributed by atoms with Gasteiger partial charge in [-0.3, -0.25) is 4.99 Å². The molecule has 0 aliphatic rings. The highest BCUT2D eigenvalue weighted by molar-refractivity contribution is 14.0. The molecule has 6 nitrogen and oxygen atoms in total. The molecule has 7 heteroatoms. The molecule has 0 bridgehead atoms. The summed E-state index contributed by atoms with van der Waals surface area (Å²) in [6.07, 6.45) is 6.38. The number of hydrogen-bond donors (Lipinski definition) is 2. The molecular weight excluding hydrogens is 403 g/mol. The number of nitrogens with one attached hydrogen (secondary N) is 2. The number of unbranched alkanes of at least 4 members (excludes halogenated alkanes) is 2. The number of guanidine groups is 1. The normalized spacial score (nSPS) is 11.4. The molecule has 0 spiro atoms. The minimum atomic E-state index is 0. The standard InChI is InChI=1S/C16H32N6.HI/c1-5-7-8-9-17-16(19-12-14(3)4)18-10-11-22-13-20-21-15(22)6-2;/h13-14H,5-12H2,1-4H3,(H2,17,18,19);1H. The summed E-state index contributed by atoms with van der Waals surface area (Å²) in [5.74, 6) is 2.51. The number of aliphatic imine (C=N–C) groups is 1. The molecule has 0 aromatic carbocycles. The first-order valence-corrected chi connectivity index (χ1v) is 8.56. The van der Waals surface area contributed by atoms with Crippen LogP contribution in [0.2, 0.25) is 0 Å². The topological polar surface area (TPSA) is 67.1 Å². The van der Waals surface area contributed by atoms with E-state index in [2.05, 4.69) is 58.1 Å². The van der Waals surface area contributed by atoms with Crippen molar-refractivity contribution in [3.63, 3.8) is 0 Å². The van der Waals surface area contributed by atoms with Gasteiger partial charge in [-0.25, -0.2) is 0 Å². The van der Waals surface area contributed by atoms with Crippen molar-refractivity contribution < 1.29 is 0 Å². The fraction of sp³-hybridized carbons (Fsp3) is 0.812. The van der Waals surface area contributed by atoms with Crippen LogP contribution in [0.25, 0.3) is 0 Å². The molecule has 134 valence electrons. The van der Waals surface area contributed by atoms with Crippen molar-refractivity contribution in [1.82, 2.24) is 25.4 Å². The molecule has 0 saturated carbocycles. The molecule has 1 aromatic heterocycles. The van der Waals surface area contributed by atoms with E-state index in [-0.39, 0.29) is 24.0 Å². The fourth-order valence-electron chi connectivity index (χ4n) is 2.06. The second-order valence-electron chi connectivity index (χ2n) is 5.94. The Hall–Kier alpha value is -0.860. The maximum atomic E-state index is 4.64. The van der Waals surface area contributed by atoms with Crippen LogP contribution in [0.1, 0.15) is 52.8 Å². The summed E-state index contributed by atoms with van der Waals surface area (Å²) in [4.78, 5) is 4.64. The van der Waals surface area contributed by atoms with Gasteiger partial charge in [0.2, 0.25) is 0 Å². The van der Waals surface area contributed by atoms with Crippen LogP contribution in [0.15, 0.2) is 11.3 Å². The summed E-state index contributed by atoms with van der Waals surface area (Å²) in [7, 11) is 0. The van der Waals surface area contributed by atoms with Gasteiger partial charge in [0.05, 0.1) is 0 Å². The van der Waals surface area contributed by atoms with Gasteiger partial charge in [-0.2, -0.15) is 0 Å². The van der Waals surface area contributed by atoms with Gasteiger partial charge in [0.15, 0.2) is 5.96 Å². The zero-order valence-electron chi connectivity index (χ0n) is 15.0. The fourth-order valence-corrected chi connectivity index (χ4v) is 2.06. The maximum absolute atomic E-state index is 4.64. The lowest BCUT2D eigenvalue weighted by molar-refractivity contribution is 0.617. The zero-order valence-corrected chi connectivity index (χ0v) is 17.3. The first-order chi connectivity index (χ1) is 10.7. The van der Waals surface area contributed by atoms with E-state index < -0.39 is 0 Å². The highest BCUT2D eigenvalue weighted by Crippen LogP contribution is 1.96. The van der Waals surface area contributed by atoms with Gasteiger partial charge in [0, 0.05) is 32.6 Å². The Labute approximate surface area is 158 Å². The molecule has 0 atom stereocenters. The van der Waals surface area contributed by atoms with Crippen LogP contribution in [0.3, 0.4) is 0 Å². The lowest BCUT2D eigenvalue weighted by Crippen LogP contribution is -2.39. The largest absolute Gasteiger partial charge is 0.356 e. The van der Waals surface area contributed by atoms with Gasteiger partial charge in [-0.15, -0.1) is 34.2 Å². The van der Waals surface area contributed by atoms with Crippen molar-refractivity contribution in [2.45, 2.75) is 59.9 Å². The van der Waals surface area contributed by atoms with Crippen molar-refractivity contribution in [2.24, 2.45) is 10.9 Å². The number of hydrogen-bond acceptors (Lipinski definition) is 3. The molecule has 0 radical (unpaired) electrons. The van der Waals surface area contributed by atoms with Crippen LogP contribution < -0.4 is 10.6 Å². The van der Waals surface area contributed by atoms with E-state index >= 15 is 0 Å². The average Bonchev–Trinajstić information content (AvgIpc) is 2.95. The van der Waals surface area contributed by atoms with Crippen LogP contribution in [-0.2, 0) is 13.0 Å². The van der Waals surface area contributed by atoms with E-state index in [1.54, 1.807) is 6.33 Å². The van der Waals surface area contributed by atoms with Crippen LogP contribution in [0.4, 0.5) is 0 Å². The van der Waals surface area contributed by atoms with E-state index in [0.29, 0.717) is 5.92 Å². The maximum Gasteiger partial charge on any atom is 0.191 e. The van der Waals surface area contributed by atoms with Crippen molar-refractivity contribution in [3.05, 3.63) is 12.2 Å². The van der Waals surface area contributed by atoms with E-state index in [1.165, 1.54) is 19.3 Å². The molecule has 0 amide bonds. The Balaban J connectivity index is 0.00000484. The second kappa shape index (κ2) is 13.6. The lowest BCUT2D eigenvalue weighted by Gasteiger charge is -2.14. The smallest absolute Gasteiger partial charge is 0.191 e. The molecule has 2 N–H and O–H groups in total. The van der Waals surface area contributed by atoms with E-state index in [0.717, 1.165) is 44.4 Å². The van der Waals surface area contributed by atoms with E-state index in [9.17, 15) is 0 Å². The zero-order chi connectivity index (χ0) is 16.2. The summed E-state index contributed by atoms with van der Waals surface area (Å²) in [6, 6.07) is 0. The molecular formula is C16H33IN6. The Morgan fingerprint density at radius 3 is 2.61 bits per heavy atom. The summed E-state index contributed by atoms with van der Waals surface area (Å²) >= 11 is 0. The summed E-state index contributed by atoms with van der Waals surface area (Å²) in [5, 5.41) is 14.9. The van der Waals surface area contributed by atoms with Gasteiger partial charge in [-0.1, -0.05) is 40.5 Å². The van der Waals surface area contributed by atoms with Gasteiger partial charge >= 0.3 is 0 Å². The molecule has 1 heterocycles. The molecule has 23 heavy (non-hydrogen) atoms. The molecule has 0 fully saturated rings. The van der Waals surface area contributed by atoms with Gasteiger partial charge < -0.3 is 15.2 Å². The Morgan fingerprint density at radius 2 is 1.96 bits per heavy atom. The summed E-state index contributed by atoms with van der Waals surface area (Å²) in [6.45, 7) is 12.2. The van der Waals surface area contributed by atoms with Crippen LogP contribution in [-0.4, -0.2) is 40.4 Å². The highest BCUT2D eigenvalue weighted by Gasteiger charge is 2.03. The molecule has 0 aliphatic carbocycles. The predicted octanol–water partition coefficient (Wildman–Crippen LogP) is 2.84. The third-order valence-corrected chi connectivity index (χ3v) is 3.34. The third kappa shape index (κ3) is 9.78. The first-order valence-electron chi connectivity index (χ1n) is 8.56. The average molecular weight is 436 g/mol. The SMILES string of the molecule is CCCCCNC(=NCC(C)C)NCCn1cnnc1CC.I. The molecule has 0 aliphatic heterocycles. The lowest BCUT2D eigenvalue weighted by atomic mass is 10.2. The quantitative estimate of drug-likeness (QED) is 0.256. The van der Waals surface area contributed by atoms with Gasteiger partial charge in [0.1, 0.15) is 12.2 Å². The Bertz CT molecular complexity index is 430. The molecule has 0 saturated heterocycles. The van der Waals surface area contributed by atoms with Crippen LogP contribution in [0, 0.1) is 5.92 Å². The molecule has 1 aromatic rings. The Kier molecular flexibility index (Phi) is 13.1. The van der Waals surface area contributed by atoms with Crippen molar-refractivity contribution in [2.75, 3.05) is 19.6 Å². The minimum absolute atomic E-state index is 0. The van der Waals surface area contributed by atoms with Gasteiger partial charge in [0.25, 0.3) is 0 Å². The second-order valence-corrected chi connectivity index (χ2v) is 5.94. The first kappa shape index (κ1) is 22.1. The number of nitrogens with zero attached hydrogens (tertiary/aromatic N) is 4. The monoisotopic (exact) mass is 436 g/mol. The Morgan fingerprint density at radius 1 is 1.22 bits per heavy atom. The number of rotatable bonds is 10. The van der Waals surface area contributed by atoms with Gasteiger partial charge in [-0.05, 0) is 12.3 Å². The predicted molar refractivity (Wildman–Crippen MR) is 107 cm³/mol. The van der Waals surface area contributed by atoms with Crippen molar-refractivity contribution >= 4 is 29.9 Å². The van der Waals surface area contributed by atoms with Crippen LogP contribution >= 0.6 is 24.0 Å². The number of aromatic nitrogens is 3. The molecule has 1 rings (SSSR count). The van der Waals surface area contributed by atoms with Crippen molar-refractivity contribution in [3.8, 4) is 0 Å². The minimum Gasteiger partial charge on any atom is -0.356 e. The molecule has 0 unspecified atom stereocenters. The van der Waals surface area contributed by atoms with Crippen LogP contribution in [0.5, 0.6) is 0 Å². The number of halogens is 1. The highest BCUT2D eigenvalue weighted by atomic mass is 127. The van der Waals surface area contributed by atoms with Crippen molar-refractivity contribution in [1.29, 1.82) is 0 Å².